The minimum atomic E-state index is -0.309. The Labute approximate surface area is 157 Å². The van der Waals surface area contributed by atoms with Crippen LogP contribution in [0.2, 0.25) is 0 Å². The van der Waals surface area contributed by atoms with Crippen molar-refractivity contribution >= 4 is 17.7 Å². The van der Waals surface area contributed by atoms with Crippen molar-refractivity contribution in [1.29, 1.82) is 0 Å². The zero-order chi connectivity index (χ0) is 18.4. The third kappa shape index (κ3) is 4.95. The molecule has 0 fully saturated rings. The molecule has 134 valence electrons. The average molecular weight is 367 g/mol. The van der Waals surface area contributed by atoms with Crippen LogP contribution in [0.3, 0.4) is 0 Å². The first kappa shape index (κ1) is 18.2. The minimum Gasteiger partial charge on any atom is -0.411 e. The SMILES string of the molecule is Cc1cccc(-c2nnc(S[C@H](C)C(=O)NCCc3ccccc3)o2)c1. The van der Waals surface area contributed by atoms with Crippen LogP contribution in [0.15, 0.2) is 64.2 Å². The summed E-state index contributed by atoms with van der Waals surface area (Å²) >= 11 is 1.27. The van der Waals surface area contributed by atoms with Crippen LogP contribution in [0.1, 0.15) is 18.1 Å². The second kappa shape index (κ2) is 8.67. The van der Waals surface area contributed by atoms with Crippen LogP contribution in [0.4, 0.5) is 0 Å². The molecule has 0 bridgehead atoms. The zero-order valence-corrected chi connectivity index (χ0v) is 15.6. The van der Waals surface area contributed by atoms with E-state index in [4.69, 9.17) is 4.42 Å². The molecule has 1 amide bonds. The highest BCUT2D eigenvalue weighted by atomic mass is 32.2. The molecule has 0 saturated carbocycles. The van der Waals surface area contributed by atoms with Gasteiger partial charge in [0.1, 0.15) is 0 Å². The van der Waals surface area contributed by atoms with E-state index >= 15 is 0 Å². The summed E-state index contributed by atoms with van der Waals surface area (Å²) in [6.45, 7) is 4.45. The number of nitrogens with zero attached hydrogens (tertiary/aromatic N) is 2. The van der Waals surface area contributed by atoms with Crippen molar-refractivity contribution < 1.29 is 9.21 Å². The summed E-state index contributed by atoms with van der Waals surface area (Å²) in [6.07, 6.45) is 0.808. The molecule has 0 aliphatic carbocycles. The topological polar surface area (TPSA) is 68.0 Å². The first-order chi connectivity index (χ1) is 12.6. The Balaban J connectivity index is 1.51. The molecule has 26 heavy (non-hydrogen) atoms. The molecule has 1 atom stereocenters. The molecular weight excluding hydrogens is 346 g/mol. The smallest absolute Gasteiger partial charge is 0.277 e. The van der Waals surface area contributed by atoms with Gasteiger partial charge in [-0.1, -0.05) is 59.8 Å². The molecule has 1 heterocycles. The first-order valence-corrected chi connectivity index (χ1v) is 9.38. The fourth-order valence-electron chi connectivity index (χ4n) is 2.48. The van der Waals surface area contributed by atoms with E-state index in [0.29, 0.717) is 17.7 Å². The van der Waals surface area contributed by atoms with Gasteiger partial charge < -0.3 is 9.73 Å². The first-order valence-electron chi connectivity index (χ1n) is 8.50. The Kier molecular flexibility index (Phi) is 6.07. The number of nitrogens with one attached hydrogen (secondary N) is 1. The Hall–Kier alpha value is -2.60. The van der Waals surface area contributed by atoms with Crippen molar-refractivity contribution in [1.82, 2.24) is 15.5 Å². The highest BCUT2D eigenvalue weighted by molar-refractivity contribution is 8.00. The Morgan fingerprint density at radius 2 is 1.96 bits per heavy atom. The lowest BCUT2D eigenvalue weighted by Crippen LogP contribution is -2.32. The van der Waals surface area contributed by atoms with Gasteiger partial charge in [0.2, 0.25) is 11.8 Å². The number of rotatable bonds is 7. The Morgan fingerprint density at radius 1 is 1.15 bits per heavy atom. The monoisotopic (exact) mass is 367 g/mol. The van der Waals surface area contributed by atoms with Crippen molar-refractivity contribution in [3.8, 4) is 11.5 Å². The van der Waals surface area contributed by atoms with Gasteiger partial charge in [-0.25, -0.2) is 0 Å². The molecule has 2 aromatic carbocycles. The van der Waals surface area contributed by atoms with Crippen LogP contribution in [0.25, 0.3) is 11.5 Å². The molecule has 0 aliphatic rings. The summed E-state index contributed by atoms with van der Waals surface area (Å²) in [5.41, 5.74) is 3.21. The summed E-state index contributed by atoms with van der Waals surface area (Å²) in [6, 6.07) is 18.0. The molecule has 0 saturated heterocycles. The molecule has 0 radical (unpaired) electrons. The van der Waals surface area contributed by atoms with Gasteiger partial charge >= 0.3 is 0 Å². The number of hydrogen-bond donors (Lipinski definition) is 1. The van der Waals surface area contributed by atoms with Crippen molar-refractivity contribution in [2.24, 2.45) is 0 Å². The highest BCUT2D eigenvalue weighted by Gasteiger charge is 2.18. The molecule has 3 rings (SSSR count). The summed E-state index contributed by atoms with van der Waals surface area (Å²) in [5, 5.41) is 11.1. The maximum atomic E-state index is 12.2. The van der Waals surface area contributed by atoms with Gasteiger partial charge in [-0.05, 0) is 38.0 Å². The van der Waals surface area contributed by atoms with E-state index < -0.39 is 0 Å². The van der Waals surface area contributed by atoms with E-state index in [-0.39, 0.29) is 11.2 Å². The number of carbonyl (C=O) groups is 1. The summed E-state index contributed by atoms with van der Waals surface area (Å²) in [7, 11) is 0. The van der Waals surface area contributed by atoms with E-state index in [0.717, 1.165) is 17.5 Å². The number of carbonyl (C=O) groups excluding carboxylic acids is 1. The number of aryl methyl sites for hydroxylation is 1. The van der Waals surface area contributed by atoms with Gasteiger partial charge in [0.05, 0.1) is 5.25 Å². The third-order valence-electron chi connectivity index (χ3n) is 3.87. The molecule has 0 aliphatic heterocycles. The highest BCUT2D eigenvalue weighted by Crippen LogP contribution is 2.26. The maximum Gasteiger partial charge on any atom is 0.277 e. The van der Waals surface area contributed by atoms with E-state index in [1.807, 2.05) is 56.3 Å². The molecular formula is C20H21N3O2S. The van der Waals surface area contributed by atoms with Gasteiger partial charge in [-0.2, -0.15) is 0 Å². The van der Waals surface area contributed by atoms with Gasteiger partial charge in [0.15, 0.2) is 0 Å². The van der Waals surface area contributed by atoms with E-state index in [1.165, 1.54) is 17.3 Å². The summed E-state index contributed by atoms with van der Waals surface area (Å²) in [5.74, 6) is 0.425. The van der Waals surface area contributed by atoms with E-state index in [2.05, 4.69) is 27.6 Å². The van der Waals surface area contributed by atoms with Gasteiger partial charge in [-0.15, -0.1) is 10.2 Å². The lowest BCUT2D eigenvalue weighted by molar-refractivity contribution is -0.120. The second-order valence-electron chi connectivity index (χ2n) is 6.03. The zero-order valence-electron chi connectivity index (χ0n) is 14.8. The van der Waals surface area contributed by atoms with Crippen LogP contribution < -0.4 is 5.32 Å². The molecule has 5 nitrogen and oxygen atoms in total. The molecule has 3 aromatic rings. The van der Waals surface area contributed by atoms with E-state index in [9.17, 15) is 4.79 Å². The molecule has 0 unspecified atom stereocenters. The van der Waals surface area contributed by atoms with E-state index in [1.54, 1.807) is 0 Å². The quantitative estimate of drug-likeness (QED) is 0.642. The summed E-state index contributed by atoms with van der Waals surface area (Å²) < 4.78 is 5.68. The number of thioether (sulfide) groups is 1. The second-order valence-corrected chi connectivity index (χ2v) is 7.32. The maximum absolute atomic E-state index is 12.2. The normalized spacial score (nSPS) is 11.9. The summed E-state index contributed by atoms with van der Waals surface area (Å²) in [4.78, 5) is 12.2. The van der Waals surface area contributed by atoms with Crippen LogP contribution in [-0.2, 0) is 11.2 Å². The molecule has 6 heteroatoms. The van der Waals surface area contributed by atoms with Crippen LogP contribution >= 0.6 is 11.8 Å². The number of amides is 1. The van der Waals surface area contributed by atoms with Crippen LogP contribution in [0.5, 0.6) is 0 Å². The molecule has 1 aromatic heterocycles. The van der Waals surface area contributed by atoms with Crippen LogP contribution in [-0.4, -0.2) is 27.9 Å². The molecule has 0 spiro atoms. The standard InChI is InChI=1S/C20H21N3O2S/c1-14-7-6-10-17(13-14)19-22-23-20(25-19)26-15(2)18(24)21-12-11-16-8-4-3-5-9-16/h3-10,13,15H,11-12H2,1-2H3,(H,21,24)/t15-/m1/s1. The van der Waals surface area contributed by atoms with Gasteiger partial charge in [0.25, 0.3) is 5.22 Å². The largest absolute Gasteiger partial charge is 0.411 e. The lowest BCUT2D eigenvalue weighted by Gasteiger charge is -2.09. The van der Waals surface area contributed by atoms with Crippen LogP contribution in [0, 0.1) is 6.92 Å². The van der Waals surface area contributed by atoms with Gasteiger partial charge in [-0.3, -0.25) is 4.79 Å². The van der Waals surface area contributed by atoms with Crippen molar-refractivity contribution in [3.63, 3.8) is 0 Å². The average Bonchev–Trinajstić information content (AvgIpc) is 3.11. The predicted molar refractivity (Wildman–Crippen MR) is 103 cm³/mol. The van der Waals surface area contributed by atoms with Crippen molar-refractivity contribution in [2.45, 2.75) is 30.7 Å². The lowest BCUT2D eigenvalue weighted by atomic mass is 10.1. The minimum absolute atomic E-state index is 0.0405. The third-order valence-corrected chi connectivity index (χ3v) is 4.81. The van der Waals surface area contributed by atoms with Crippen molar-refractivity contribution in [2.75, 3.05) is 6.54 Å². The number of benzene rings is 2. The number of hydrogen-bond acceptors (Lipinski definition) is 5. The van der Waals surface area contributed by atoms with Gasteiger partial charge in [0, 0.05) is 12.1 Å². The van der Waals surface area contributed by atoms with Crippen molar-refractivity contribution in [3.05, 3.63) is 65.7 Å². The fraction of sp³-hybridized carbons (Fsp3) is 0.250. The molecule has 1 N–H and O–H groups in total. The Morgan fingerprint density at radius 3 is 2.73 bits per heavy atom. The predicted octanol–water partition coefficient (Wildman–Crippen LogP) is 3.88. The Bertz CT molecular complexity index is 864. The fourth-order valence-corrected chi connectivity index (χ4v) is 3.18. The number of aromatic nitrogens is 2.